The third-order valence-electron chi connectivity index (χ3n) is 5.76. The van der Waals surface area contributed by atoms with Crippen molar-refractivity contribution in [2.24, 2.45) is 15.5 Å². The van der Waals surface area contributed by atoms with Crippen LogP contribution in [0.4, 0.5) is 14.9 Å². The zero-order valence-electron chi connectivity index (χ0n) is 18.0. The maximum atomic E-state index is 15.0. The summed E-state index contributed by atoms with van der Waals surface area (Å²) in [5.74, 6) is -0.502. The van der Waals surface area contributed by atoms with Crippen LogP contribution in [-0.4, -0.2) is 82.5 Å². The Kier molecular flexibility index (Phi) is 5.99. The van der Waals surface area contributed by atoms with Crippen molar-refractivity contribution in [3.05, 3.63) is 48.0 Å². The fourth-order valence-corrected chi connectivity index (χ4v) is 3.93. The minimum Gasteiger partial charge on any atom is -0.440 e. The normalized spacial score (nSPS) is 22.4. The summed E-state index contributed by atoms with van der Waals surface area (Å²) in [6.07, 6.45) is 1.04. The molecule has 176 valence electrons. The zero-order valence-corrected chi connectivity index (χ0v) is 18.0. The number of aromatic nitrogens is 1. The first-order chi connectivity index (χ1) is 16.5. The molecule has 3 atom stereocenters. The molecule has 11 nitrogen and oxygen atoms in total. The highest BCUT2D eigenvalue weighted by Crippen LogP contribution is 2.29. The molecular weight excluding hydrogens is 447 g/mol. The van der Waals surface area contributed by atoms with E-state index in [9.17, 15) is 14.3 Å². The number of carbonyl (C=O) groups excluding carboxylic acids is 1. The van der Waals surface area contributed by atoms with Crippen LogP contribution in [0.3, 0.4) is 0 Å². The summed E-state index contributed by atoms with van der Waals surface area (Å²) in [5.41, 5.74) is 2.36. The number of hydrogen-bond acceptors (Lipinski definition) is 9. The fourth-order valence-electron chi connectivity index (χ4n) is 3.93. The van der Waals surface area contributed by atoms with Gasteiger partial charge < -0.3 is 19.8 Å². The van der Waals surface area contributed by atoms with Crippen LogP contribution < -0.4 is 4.90 Å². The molecule has 34 heavy (non-hydrogen) atoms. The van der Waals surface area contributed by atoms with Gasteiger partial charge in [-0.25, -0.2) is 9.18 Å². The van der Waals surface area contributed by atoms with E-state index in [-0.39, 0.29) is 6.54 Å². The lowest BCUT2D eigenvalue weighted by molar-refractivity contribution is -0.538. The molecule has 1 fully saturated rings. The van der Waals surface area contributed by atoms with E-state index in [0.29, 0.717) is 47.7 Å². The number of aliphatic hydroxyl groups excluding tert-OH is 2. The number of anilines is 1. The fraction of sp³-hybridized carbons (Fsp3) is 0.364. The number of amides is 1. The van der Waals surface area contributed by atoms with Crippen LogP contribution in [0.15, 0.2) is 52.0 Å². The number of oxime groups is 1. The molecule has 1 saturated heterocycles. The first kappa shape index (κ1) is 22.0. The number of cyclic esters (lactones) is 1. The van der Waals surface area contributed by atoms with E-state index < -0.39 is 36.8 Å². The molecule has 0 bridgehead atoms. The van der Waals surface area contributed by atoms with Crippen molar-refractivity contribution < 1.29 is 33.7 Å². The van der Waals surface area contributed by atoms with Crippen molar-refractivity contribution in [1.82, 2.24) is 4.98 Å². The van der Waals surface area contributed by atoms with E-state index in [0.717, 1.165) is 0 Å². The minimum atomic E-state index is -1.03. The van der Waals surface area contributed by atoms with Crippen LogP contribution in [0.25, 0.3) is 11.1 Å². The molecule has 5 rings (SSSR count). The van der Waals surface area contributed by atoms with Gasteiger partial charge in [0.2, 0.25) is 6.54 Å². The molecule has 0 saturated carbocycles. The van der Waals surface area contributed by atoms with Gasteiger partial charge in [-0.1, -0.05) is 11.2 Å². The van der Waals surface area contributed by atoms with Gasteiger partial charge in [0.25, 0.3) is 0 Å². The van der Waals surface area contributed by atoms with E-state index in [2.05, 4.69) is 20.5 Å². The van der Waals surface area contributed by atoms with E-state index in [1.807, 2.05) is 0 Å². The molecule has 2 aromatic rings. The summed E-state index contributed by atoms with van der Waals surface area (Å²) in [6, 6.07) is 7.94. The van der Waals surface area contributed by atoms with Gasteiger partial charge in [-0.2, -0.15) is 0 Å². The number of halogens is 1. The summed E-state index contributed by atoms with van der Waals surface area (Å²) in [6.45, 7) is 0.750. The number of benzene rings is 1. The summed E-state index contributed by atoms with van der Waals surface area (Å²) >= 11 is 0. The van der Waals surface area contributed by atoms with Crippen molar-refractivity contribution in [2.75, 3.05) is 31.1 Å². The van der Waals surface area contributed by atoms with Crippen LogP contribution >= 0.6 is 0 Å². The summed E-state index contributed by atoms with van der Waals surface area (Å²) < 4.78 is 22.0. The molecule has 2 N–H and O–H groups in total. The van der Waals surface area contributed by atoms with E-state index >= 15 is 0 Å². The number of ether oxygens (including phenoxy) is 1. The van der Waals surface area contributed by atoms with Crippen molar-refractivity contribution in [3.63, 3.8) is 0 Å². The third kappa shape index (κ3) is 4.37. The predicted molar refractivity (Wildman–Crippen MR) is 117 cm³/mol. The number of rotatable bonds is 7. The monoisotopic (exact) mass is 469 g/mol. The molecule has 0 radical (unpaired) electrons. The van der Waals surface area contributed by atoms with Gasteiger partial charge in [0, 0.05) is 28.9 Å². The zero-order chi connectivity index (χ0) is 23.7. The van der Waals surface area contributed by atoms with Crippen molar-refractivity contribution in [1.29, 1.82) is 0 Å². The number of carbonyl (C=O) groups is 1. The maximum absolute atomic E-state index is 15.0. The summed E-state index contributed by atoms with van der Waals surface area (Å²) in [7, 11) is 0. The number of aliphatic hydroxyl groups is 2. The second-order valence-electron chi connectivity index (χ2n) is 8.07. The molecule has 1 amide bonds. The highest BCUT2D eigenvalue weighted by molar-refractivity contribution is 5.99. The molecule has 4 heterocycles. The van der Waals surface area contributed by atoms with Crippen LogP contribution in [0.1, 0.15) is 12.1 Å². The number of pyridine rings is 1. The quantitative estimate of drug-likeness (QED) is 0.591. The van der Waals surface area contributed by atoms with E-state index in [1.54, 1.807) is 35.2 Å². The van der Waals surface area contributed by atoms with E-state index in [1.165, 1.54) is 17.2 Å². The smallest absolute Gasteiger partial charge is 0.414 e. The largest absolute Gasteiger partial charge is 0.440 e. The predicted octanol–water partition coefficient (Wildman–Crippen LogP) is 1.52. The lowest BCUT2D eigenvalue weighted by atomic mass is 10.0. The molecule has 0 aliphatic carbocycles. The average molecular weight is 469 g/mol. The molecule has 3 aliphatic rings. The molecule has 3 aliphatic heterocycles. The molecule has 1 aromatic carbocycles. The van der Waals surface area contributed by atoms with Gasteiger partial charge in [0.05, 0.1) is 24.5 Å². The minimum absolute atomic E-state index is 0.282. The molecule has 12 heteroatoms. The Labute approximate surface area is 193 Å². The first-order valence-electron chi connectivity index (χ1n) is 10.8. The van der Waals surface area contributed by atoms with Gasteiger partial charge in [0.15, 0.2) is 18.8 Å². The van der Waals surface area contributed by atoms with Crippen molar-refractivity contribution in [2.45, 2.75) is 24.7 Å². The van der Waals surface area contributed by atoms with Crippen molar-refractivity contribution in [3.8, 4) is 11.1 Å². The van der Waals surface area contributed by atoms with Crippen molar-refractivity contribution >= 4 is 23.7 Å². The average Bonchev–Trinajstić information content (AvgIpc) is 3.61. The Morgan fingerprint density at radius 2 is 2.18 bits per heavy atom. The molecular formula is C22H22FN6O5+. The Hall–Kier alpha value is -3.77. The van der Waals surface area contributed by atoms with E-state index in [4.69, 9.17) is 14.7 Å². The topological polar surface area (TPSA) is 132 Å². The lowest BCUT2D eigenvalue weighted by Gasteiger charge is -2.14. The SMILES string of the molecule is O=C1O[C@@H](C[N+]2=CCN=N2)CN1c1ccc(-c2ccc(C3=NO[C@@H]([C@H](O)CO)C3)nc2)c(F)c1. The highest BCUT2D eigenvalue weighted by atomic mass is 19.1. The van der Waals surface area contributed by atoms with Gasteiger partial charge in [-0.3, -0.25) is 9.88 Å². The number of nitrogens with zero attached hydrogens (tertiary/aromatic N) is 6. The molecule has 1 aromatic heterocycles. The van der Waals surface area contributed by atoms with Crippen LogP contribution in [0.2, 0.25) is 0 Å². The van der Waals surface area contributed by atoms with Crippen LogP contribution in [0, 0.1) is 5.82 Å². The molecule has 0 spiro atoms. The maximum Gasteiger partial charge on any atom is 0.414 e. The van der Waals surface area contributed by atoms with Gasteiger partial charge in [-0.15, -0.1) is 4.68 Å². The second-order valence-corrected chi connectivity index (χ2v) is 8.07. The van der Waals surface area contributed by atoms with Gasteiger partial charge in [-0.05, 0) is 24.3 Å². The van der Waals surface area contributed by atoms with Crippen LogP contribution in [0.5, 0.6) is 0 Å². The second kappa shape index (κ2) is 9.23. The lowest BCUT2D eigenvalue weighted by Crippen LogP contribution is -2.29. The first-order valence-corrected chi connectivity index (χ1v) is 10.8. The number of hydrogen-bond donors (Lipinski definition) is 2. The van der Waals surface area contributed by atoms with Gasteiger partial charge >= 0.3 is 6.09 Å². The Morgan fingerprint density at radius 1 is 1.29 bits per heavy atom. The van der Waals surface area contributed by atoms with Crippen LogP contribution in [-0.2, 0) is 9.57 Å². The highest BCUT2D eigenvalue weighted by Gasteiger charge is 2.35. The Balaban J connectivity index is 1.27. The Bertz CT molecular complexity index is 1180. The standard InChI is InChI=1S/C22H22FN6O5/c23-17-7-14(29-11-15(33-22(29)32)10-28-6-5-25-27-28)2-3-16(17)13-1-4-18(24-9-13)19-8-21(34-26-19)20(31)12-30/h1-4,6-7,9,15,20-21,30-31H,5,8,10-12H2/q+1/t15-,20+,21+/m0/s1. The molecule has 0 unspecified atom stereocenters. The Morgan fingerprint density at radius 3 is 2.88 bits per heavy atom. The summed E-state index contributed by atoms with van der Waals surface area (Å²) in [5, 5.41) is 30.4. The third-order valence-corrected chi connectivity index (χ3v) is 5.76. The van der Waals surface area contributed by atoms with Gasteiger partial charge in [0.1, 0.15) is 29.1 Å². The summed E-state index contributed by atoms with van der Waals surface area (Å²) in [4.78, 5) is 23.2.